The lowest BCUT2D eigenvalue weighted by atomic mass is 9.89. The molecule has 1 aliphatic rings. The normalized spacial score (nSPS) is 17.4. The van der Waals surface area contributed by atoms with Gasteiger partial charge in [-0.25, -0.2) is 0 Å². The molecule has 5 nitrogen and oxygen atoms in total. The number of hydrogen-bond donors (Lipinski definition) is 1. The highest BCUT2D eigenvalue weighted by atomic mass is 32.1. The van der Waals surface area contributed by atoms with Crippen molar-refractivity contribution in [1.82, 2.24) is 15.1 Å². The van der Waals surface area contributed by atoms with Gasteiger partial charge in [-0.3, -0.25) is 9.48 Å². The van der Waals surface area contributed by atoms with E-state index in [4.69, 9.17) is 4.74 Å². The predicted molar refractivity (Wildman–Crippen MR) is 74.6 cm³/mol. The van der Waals surface area contributed by atoms with Crippen LogP contribution in [0, 0.1) is 12.3 Å². The van der Waals surface area contributed by atoms with E-state index in [1.807, 2.05) is 24.7 Å². The van der Waals surface area contributed by atoms with Gasteiger partial charge >= 0.3 is 0 Å². The first-order valence-corrected chi connectivity index (χ1v) is 7.09. The van der Waals surface area contributed by atoms with Crippen LogP contribution in [-0.4, -0.2) is 35.4 Å². The number of rotatable bonds is 3. The molecule has 0 aromatic carbocycles. The van der Waals surface area contributed by atoms with Gasteiger partial charge in [0.2, 0.25) is 0 Å². The molecule has 0 unspecified atom stereocenters. The number of carbonyl (C=O) groups is 1. The molecular weight excluding hydrogens is 262 g/mol. The van der Waals surface area contributed by atoms with Gasteiger partial charge in [0.1, 0.15) is 4.83 Å². The molecule has 2 aromatic heterocycles. The Kier molecular flexibility index (Phi) is 2.87. The Morgan fingerprint density at radius 3 is 2.95 bits per heavy atom. The maximum Gasteiger partial charge on any atom is 0.261 e. The van der Waals surface area contributed by atoms with Crippen molar-refractivity contribution in [3.8, 4) is 0 Å². The number of aryl methyl sites for hydroxylation is 2. The number of nitrogens with zero attached hydrogens (tertiary/aromatic N) is 2. The maximum atomic E-state index is 12.2. The number of ether oxygens (including phenoxy) is 1. The Balaban J connectivity index is 1.76. The summed E-state index contributed by atoms with van der Waals surface area (Å²) in [5.41, 5.74) is 1.07. The Hall–Kier alpha value is -1.40. The van der Waals surface area contributed by atoms with E-state index < -0.39 is 0 Å². The molecule has 3 rings (SSSR count). The van der Waals surface area contributed by atoms with E-state index in [1.165, 1.54) is 11.3 Å². The second kappa shape index (κ2) is 4.31. The fraction of sp³-hybridized carbons (Fsp3) is 0.538. The first kappa shape index (κ1) is 12.6. The lowest BCUT2D eigenvalue weighted by Gasteiger charge is -2.37. The van der Waals surface area contributed by atoms with Crippen LogP contribution >= 0.6 is 11.3 Å². The third-order valence-electron chi connectivity index (χ3n) is 3.50. The molecule has 102 valence electrons. The average Bonchev–Trinajstić information content (AvgIpc) is 2.87. The van der Waals surface area contributed by atoms with Crippen molar-refractivity contribution >= 4 is 27.5 Å². The zero-order valence-corrected chi connectivity index (χ0v) is 12.1. The first-order valence-electron chi connectivity index (χ1n) is 6.28. The highest BCUT2D eigenvalue weighted by molar-refractivity contribution is 7.20. The summed E-state index contributed by atoms with van der Waals surface area (Å²) in [6.07, 6.45) is 0. The summed E-state index contributed by atoms with van der Waals surface area (Å²) in [6, 6.07) is 1.93. The van der Waals surface area contributed by atoms with Crippen molar-refractivity contribution in [2.75, 3.05) is 19.8 Å². The van der Waals surface area contributed by atoms with Gasteiger partial charge in [0.15, 0.2) is 0 Å². The van der Waals surface area contributed by atoms with Gasteiger partial charge in [0, 0.05) is 24.4 Å². The summed E-state index contributed by atoms with van der Waals surface area (Å²) < 4.78 is 7.01. The van der Waals surface area contributed by atoms with Crippen molar-refractivity contribution < 1.29 is 9.53 Å². The van der Waals surface area contributed by atoms with Crippen molar-refractivity contribution in [3.05, 3.63) is 16.6 Å². The van der Waals surface area contributed by atoms with Gasteiger partial charge in [-0.2, -0.15) is 5.10 Å². The molecule has 0 spiro atoms. The number of aromatic nitrogens is 2. The van der Waals surface area contributed by atoms with Crippen LogP contribution in [-0.2, 0) is 11.8 Å². The third kappa shape index (κ3) is 2.15. The lowest BCUT2D eigenvalue weighted by Crippen LogP contribution is -2.48. The van der Waals surface area contributed by atoms with E-state index >= 15 is 0 Å². The number of amides is 1. The molecule has 1 fully saturated rings. The molecule has 0 saturated carbocycles. The van der Waals surface area contributed by atoms with Crippen LogP contribution in [0.3, 0.4) is 0 Å². The van der Waals surface area contributed by atoms with Crippen LogP contribution in [0.5, 0.6) is 0 Å². The highest BCUT2D eigenvalue weighted by Crippen LogP contribution is 2.28. The Bertz CT molecular complexity index is 605. The van der Waals surface area contributed by atoms with Crippen LogP contribution in [0.2, 0.25) is 0 Å². The van der Waals surface area contributed by atoms with Gasteiger partial charge in [0.05, 0.1) is 23.8 Å². The smallest absolute Gasteiger partial charge is 0.261 e. The molecule has 0 bridgehead atoms. The molecule has 6 heteroatoms. The summed E-state index contributed by atoms with van der Waals surface area (Å²) in [6.45, 7) is 6.20. The SMILES string of the molecule is Cc1nn(C)c2sc(C(=O)NCC3(C)COC3)cc12. The fourth-order valence-corrected chi connectivity index (χ4v) is 3.29. The number of fused-ring (bicyclic) bond motifs is 1. The zero-order valence-electron chi connectivity index (χ0n) is 11.3. The fourth-order valence-electron chi connectivity index (χ4n) is 2.25. The summed E-state index contributed by atoms with van der Waals surface area (Å²) >= 11 is 1.49. The molecule has 1 amide bonds. The molecule has 0 aliphatic carbocycles. The van der Waals surface area contributed by atoms with Crippen molar-refractivity contribution in [2.24, 2.45) is 12.5 Å². The predicted octanol–water partition coefficient (Wildman–Crippen LogP) is 1.71. The highest BCUT2D eigenvalue weighted by Gasteiger charge is 2.33. The van der Waals surface area contributed by atoms with Gasteiger partial charge in [-0.05, 0) is 13.0 Å². The van der Waals surface area contributed by atoms with Crippen LogP contribution in [0.4, 0.5) is 0 Å². The van der Waals surface area contributed by atoms with Crippen molar-refractivity contribution in [3.63, 3.8) is 0 Å². The van der Waals surface area contributed by atoms with E-state index in [2.05, 4.69) is 17.3 Å². The molecule has 1 aliphatic heterocycles. The first-order chi connectivity index (χ1) is 8.98. The molecular formula is C13H17N3O2S. The van der Waals surface area contributed by atoms with Gasteiger partial charge in [-0.1, -0.05) is 6.92 Å². The van der Waals surface area contributed by atoms with Gasteiger partial charge in [-0.15, -0.1) is 11.3 Å². The van der Waals surface area contributed by atoms with Crippen LogP contribution < -0.4 is 5.32 Å². The molecule has 1 saturated heterocycles. The van der Waals surface area contributed by atoms with Crippen LogP contribution in [0.15, 0.2) is 6.07 Å². The lowest BCUT2D eigenvalue weighted by molar-refractivity contribution is -0.0978. The number of hydrogen-bond acceptors (Lipinski definition) is 4. The van der Waals surface area contributed by atoms with E-state index in [1.54, 1.807) is 0 Å². The molecule has 2 aromatic rings. The minimum atomic E-state index is -0.00581. The van der Waals surface area contributed by atoms with Crippen molar-refractivity contribution in [1.29, 1.82) is 0 Å². The van der Waals surface area contributed by atoms with E-state index in [-0.39, 0.29) is 11.3 Å². The minimum absolute atomic E-state index is 0.00581. The zero-order chi connectivity index (χ0) is 13.6. The summed E-state index contributed by atoms with van der Waals surface area (Å²) in [4.78, 5) is 13.9. The Labute approximate surface area is 115 Å². The molecule has 0 atom stereocenters. The quantitative estimate of drug-likeness (QED) is 0.930. The third-order valence-corrected chi connectivity index (χ3v) is 4.70. The van der Waals surface area contributed by atoms with Crippen LogP contribution in [0.25, 0.3) is 10.2 Å². The van der Waals surface area contributed by atoms with Gasteiger partial charge in [0.25, 0.3) is 5.91 Å². The molecule has 3 heterocycles. The van der Waals surface area contributed by atoms with Gasteiger partial charge < -0.3 is 10.1 Å². The van der Waals surface area contributed by atoms with E-state index in [0.29, 0.717) is 6.54 Å². The Morgan fingerprint density at radius 1 is 1.63 bits per heavy atom. The maximum absolute atomic E-state index is 12.2. The largest absolute Gasteiger partial charge is 0.380 e. The second-order valence-corrected chi connectivity index (χ2v) is 6.56. The molecule has 19 heavy (non-hydrogen) atoms. The second-order valence-electron chi connectivity index (χ2n) is 5.52. The average molecular weight is 279 g/mol. The summed E-state index contributed by atoms with van der Waals surface area (Å²) in [7, 11) is 1.90. The van der Waals surface area contributed by atoms with E-state index in [9.17, 15) is 4.79 Å². The topological polar surface area (TPSA) is 56.2 Å². The minimum Gasteiger partial charge on any atom is -0.380 e. The molecule has 0 radical (unpaired) electrons. The Morgan fingerprint density at radius 2 is 2.37 bits per heavy atom. The number of nitrogens with one attached hydrogen (secondary N) is 1. The molecule has 1 N–H and O–H groups in total. The standard InChI is InChI=1S/C13H17N3O2S/c1-8-9-4-10(19-12(9)16(3)15-8)11(17)14-5-13(2)6-18-7-13/h4H,5-7H2,1-3H3,(H,14,17). The van der Waals surface area contributed by atoms with Crippen molar-refractivity contribution in [2.45, 2.75) is 13.8 Å². The number of carbonyl (C=O) groups excluding carboxylic acids is 1. The number of thiophene rings is 1. The van der Waals surface area contributed by atoms with E-state index in [0.717, 1.165) is 34.0 Å². The van der Waals surface area contributed by atoms with Crippen LogP contribution in [0.1, 0.15) is 22.3 Å². The summed E-state index contributed by atoms with van der Waals surface area (Å²) in [5.74, 6) is -0.00581. The monoisotopic (exact) mass is 279 g/mol. The summed E-state index contributed by atoms with van der Waals surface area (Å²) in [5, 5.41) is 8.40.